The van der Waals surface area contributed by atoms with Gasteiger partial charge < -0.3 is 5.32 Å². The van der Waals surface area contributed by atoms with Crippen molar-refractivity contribution in [1.29, 1.82) is 0 Å². The van der Waals surface area contributed by atoms with Gasteiger partial charge in [0.1, 0.15) is 0 Å². The molecule has 1 aliphatic rings. The topological polar surface area (TPSA) is 71.8 Å². The van der Waals surface area contributed by atoms with Crippen molar-refractivity contribution in [1.82, 2.24) is 20.1 Å². The van der Waals surface area contributed by atoms with E-state index in [0.29, 0.717) is 28.3 Å². The number of halogens is 2. The van der Waals surface area contributed by atoms with Crippen molar-refractivity contribution in [3.8, 4) is 0 Å². The third kappa shape index (κ3) is 4.55. The summed E-state index contributed by atoms with van der Waals surface area (Å²) in [6, 6.07) is 5.32. The van der Waals surface area contributed by atoms with E-state index in [1.807, 2.05) is 13.0 Å². The number of amides is 1. The Morgan fingerprint density at radius 2 is 2.12 bits per heavy atom. The zero-order valence-corrected chi connectivity index (χ0v) is 16.4. The maximum atomic E-state index is 12.6. The third-order valence-electron chi connectivity index (χ3n) is 4.71. The fraction of sp³-hybridized carbons (Fsp3) is 0.500. The second kappa shape index (κ2) is 8.37. The van der Waals surface area contributed by atoms with Gasteiger partial charge in [-0.2, -0.15) is 10.1 Å². The number of benzene rings is 1. The third-order valence-corrected chi connectivity index (χ3v) is 5.29. The summed E-state index contributed by atoms with van der Waals surface area (Å²) in [6.07, 6.45) is 2.56. The van der Waals surface area contributed by atoms with Crippen molar-refractivity contribution in [2.24, 2.45) is 13.0 Å². The molecule has 0 spiro atoms. The molecule has 26 heavy (non-hydrogen) atoms. The first-order valence-corrected chi connectivity index (χ1v) is 9.56. The van der Waals surface area contributed by atoms with Crippen LogP contribution < -0.4 is 10.6 Å². The second-order valence-corrected chi connectivity index (χ2v) is 7.62. The molecule has 1 unspecified atom stereocenters. The Labute approximate surface area is 163 Å². The first-order chi connectivity index (χ1) is 12.4. The van der Waals surface area contributed by atoms with Crippen molar-refractivity contribution in [3.05, 3.63) is 39.6 Å². The Bertz CT molecular complexity index is 786. The minimum Gasteiger partial charge on any atom is -0.317 e. The lowest BCUT2D eigenvalue weighted by molar-refractivity contribution is -0.119. The molecule has 1 atom stereocenters. The van der Waals surface area contributed by atoms with Gasteiger partial charge in [-0.15, -0.1) is 0 Å². The summed E-state index contributed by atoms with van der Waals surface area (Å²) >= 11 is 12.1. The van der Waals surface area contributed by atoms with Crippen LogP contribution in [0.4, 0.5) is 5.95 Å². The number of hydrogen-bond donors (Lipinski definition) is 2. The van der Waals surface area contributed by atoms with Crippen molar-refractivity contribution in [2.45, 2.75) is 32.1 Å². The van der Waals surface area contributed by atoms with E-state index in [9.17, 15) is 4.79 Å². The van der Waals surface area contributed by atoms with Crippen molar-refractivity contribution < 1.29 is 4.79 Å². The second-order valence-electron chi connectivity index (χ2n) is 6.77. The van der Waals surface area contributed by atoms with E-state index in [0.717, 1.165) is 37.3 Å². The molecule has 1 aromatic carbocycles. The summed E-state index contributed by atoms with van der Waals surface area (Å²) in [6.45, 7) is 3.82. The standard InChI is InChI=1S/C18H23Cl2N5O/c1-11(9-13-3-4-14(19)10-15(13)20)17(26)23-18-22-16(24-25(18)2)12-5-7-21-8-6-12/h3-4,10-12,21H,5-9H2,1-2H3,(H,22,23,24,26). The van der Waals surface area contributed by atoms with Crippen molar-refractivity contribution >= 4 is 35.1 Å². The van der Waals surface area contributed by atoms with Gasteiger partial charge in [-0.25, -0.2) is 4.68 Å². The van der Waals surface area contributed by atoms with Crippen LogP contribution in [0.1, 0.15) is 37.1 Å². The molecule has 140 valence electrons. The molecule has 2 heterocycles. The Balaban J connectivity index is 1.64. The molecule has 3 rings (SSSR count). The van der Waals surface area contributed by atoms with Gasteiger partial charge in [0, 0.05) is 28.9 Å². The van der Waals surface area contributed by atoms with E-state index < -0.39 is 0 Å². The number of hydrogen-bond acceptors (Lipinski definition) is 4. The van der Waals surface area contributed by atoms with Gasteiger partial charge in [0.2, 0.25) is 11.9 Å². The highest BCUT2D eigenvalue weighted by Gasteiger charge is 2.22. The van der Waals surface area contributed by atoms with Crippen LogP contribution in [0.3, 0.4) is 0 Å². The molecule has 1 saturated heterocycles. The first-order valence-electron chi connectivity index (χ1n) is 8.80. The van der Waals surface area contributed by atoms with E-state index >= 15 is 0 Å². The van der Waals surface area contributed by atoms with Gasteiger partial charge in [-0.05, 0) is 50.0 Å². The summed E-state index contributed by atoms with van der Waals surface area (Å²) in [4.78, 5) is 17.1. The highest BCUT2D eigenvalue weighted by molar-refractivity contribution is 6.35. The van der Waals surface area contributed by atoms with Crippen LogP contribution in [0.2, 0.25) is 10.0 Å². The lowest BCUT2D eigenvalue weighted by Crippen LogP contribution is -2.27. The lowest BCUT2D eigenvalue weighted by Gasteiger charge is -2.19. The van der Waals surface area contributed by atoms with Crippen LogP contribution in [0.15, 0.2) is 18.2 Å². The number of piperidine rings is 1. The molecule has 6 nitrogen and oxygen atoms in total. The molecular formula is C18H23Cl2N5O. The van der Waals surface area contributed by atoms with Crippen LogP contribution in [-0.2, 0) is 18.3 Å². The number of aryl methyl sites for hydroxylation is 1. The Kier molecular flexibility index (Phi) is 6.16. The summed E-state index contributed by atoms with van der Waals surface area (Å²) in [7, 11) is 1.80. The fourth-order valence-electron chi connectivity index (χ4n) is 3.11. The first kappa shape index (κ1) is 19.1. The van der Waals surface area contributed by atoms with Gasteiger partial charge >= 0.3 is 0 Å². The van der Waals surface area contributed by atoms with E-state index in [-0.39, 0.29) is 11.8 Å². The molecule has 1 aromatic heterocycles. The van der Waals surface area contributed by atoms with Crippen LogP contribution in [0, 0.1) is 5.92 Å². The van der Waals surface area contributed by atoms with Crippen LogP contribution in [0.5, 0.6) is 0 Å². The summed E-state index contributed by atoms with van der Waals surface area (Å²) in [5.74, 6) is 1.27. The highest BCUT2D eigenvalue weighted by atomic mass is 35.5. The molecule has 1 amide bonds. The number of nitrogens with zero attached hydrogens (tertiary/aromatic N) is 3. The zero-order chi connectivity index (χ0) is 18.7. The zero-order valence-electron chi connectivity index (χ0n) is 14.9. The maximum Gasteiger partial charge on any atom is 0.229 e. The number of carbonyl (C=O) groups excluding carboxylic acids is 1. The molecule has 0 saturated carbocycles. The van der Waals surface area contributed by atoms with E-state index in [1.54, 1.807) is 23.9 Å². The number of nitrogens with one attached hydrogen (secondary N) is 2. The highest BCUT2D eigenvalue weighted by Crippen LogP contribution is 2.25. The minimum absolute atomic E-state index is 0.108. The van der Waals surface area contributed by atoms with Crippen molar-refractivity contribution in [3.63, 3.8) is 0 Å². The Morgan fingerprint density at radius 3 is 2.81 bits per heavy atom. The molecule has 0 bridgehead atoms. The summed E-state index contributed by atoms with van der Waals surface area (Å²) < 4.78 is 1.64. The predicted octanol–water partition coefficient (Wildman–Crippen LogP) is 3.41. The predicted molar refractivity (Wildman–Crippen MR) is 104 cm³/mol. The van der Waals surface area contributed by atoms with Gasteiger partial charge in [-0.3, -0.25) is 10.1 Å². The number of anilines is 1. The van der Waals surface area contributed by atoms with Crippen LogP contribution in [-0.4, -0.2) is 33.8 Å². The smallest absolute Gasteiger partial charge is 0.229 e. The SMILES string of the molecule is CC(Cc1ccc(Cl)cc1Cl)C(=O)Nc1nc(C2CCNCC2)nn1C. The quantitative estimate of drug-likeness (QED) is 0.813. The minimum atomic E-state index is -0.257. The molecule has 1 fully saturated rings. The Morgan fingerprint density at radius 1 is 1.38 bits per heavy atom. The normalized spacial score (nSPS) is 16.5. The summed E-state index contributed by atoms with van der Waals surface area (Å²) in [5, 5.41) is 11.9. The van der Waals surface area contributed by atoms with Gasteiger partial charge in [0.05, 0.1) is 0 Å². The maximum absolute atomic E-state index is 12.6. The number of aromatic nitrogens is 3. The molecule has 0 radical (unpaired) electrons. The van der Waals surface area contributed by atoms with Crippen LogP contribution >= 0.6 is 23.2 Å². The molecule has 0 aliphatic carbocycles. The average Bonchev–Trinajstić information content (AvgIpc) is 2.98. The van der Waals surface area contributed by atoms with Gasteiger partial charge in [-0.1, -0.05) is 36.2 Å². The van der Waals surface area contributed by atoms with Gasteiger partial charge in [0.15, 0.2) is 5.82 Å². The number of rotatable bonds is 5. The fourth-order valence-corrected chi connectivity index (χ4v) is 3.60. The molecular weight excluding hydrogens is 373 g/mol. The van der Waals surface area contributed by atoms with E-state index in [1.165, 1.54) is 0 Å². The van der Waals surface area contributed by atoms with Crippen LogP contribution in [0.25, 0.3) is 0 Å². The summed E-state index contributed by atoms with van der Waals surface area (Å²) in [5.41, 5.74) is 0.895. The average molecular weight is 396 g/mol. The van der Waals surface area contributed by atoms with E-state index in [4.69, 9.17) is 23.2 Å². The van der Waals surface area contributed by atoms with Crippen molar-refractivity contribution in [2.75, 3.05) is 18.4 Å². The van der Waals surface area contributed by atoms with Gasteiger partial charge in [0.25, 0.3) is 0 Å². The molecule has 1 aliphatic heterocycles. The largest absolute Gasteiger partial charge is 0.317 e. The molecule has 2 aromatic rings. The molecule has 8 heteroatoms. The van der Waals surface area contributed by atoms with E-state index in [2.05, 4.69) is 20.7 Å². The Hall–Kier alpha value is -1.63. The molecule has 2 N–H and O–H groups in total. The monoisotopic (exact) mass is 395 g/mol. The number of carbonyl (C=O) groups is 1. The lowest BCUT2D eigenvalue weighted by atomic mass is 9.98.